The third-order valence-electron chi connectivity index (χ3n) is 5.27. The van der Waals surface area contributed by atoms with Crippen LogP contribution >= 0.6 is 0 Å². The fraction of sp³-hybridized carbons (Fsp3) is 0.111. The summed E-state index contributed by atoms with van der Waals surface area (Å²) in [4.78, 5) is 25.5. The molecule has 0 atom stereocenters. The van der Waals surface area contributed by atoms with Crippen LogP contribution in [-0.4, -0.2) is 11.9 Å². The Labute approximate surface area is 181 Å². The standard InChI is InChI=1S/C27H23NO3/c1-19-9-2-3-11-22(19)18-31-27(30)24-15-6-7-16-25(24)28-26(29)17-21-13-8-12-20-10-4-5-14-23(20)21/h2-16H,17-18H2,1H3,(H,28,29). The van der Waals surface area contributed by atoms with Crippen LogP contribution in [0.2, 0.25) is 0 Å². The van der Waals surface area contributed by atoms with E-state index in [9.17, 15) is 9.59 Å². The molecule has 4 aromatic rings. The highest BCUT2D eigenvalue weighted by Crippen LogP contribution is 2.21. The Bertz CT molecular complexity index is 1240. The first-order valence-corrected chi connectivity index (χ1v) is 10.2. The second kappa shape index (κ2) is 9.26. The molecule has 0 aliphatic rings. The maximum Gasteiger partial charge on any atom is 0.340 e. The zero-order chi connectivity index (χ0) is 21.6. The molecular formula is C27H23NO3. The van der Waals surface area contributed by atoms with Gasteiger partial charge < -0.3 is 10.1 Å². The minimum absolute atomic E-state index is 0.184. The number of nitrogens with one attached hydrogen (secondary N) is 1. The van der Waals surface area contributed by atoms with Gasteiger partial charge in [0.25, 0.3) is 0 Å². The Balaban J connectivity index is 1.47. The third kappa shape index (κ3) is 4.81. The summed E-state index contributed by atoms with van der Waals surface area (Å²) < 4.78 is 5.50. The predicted octanol–water partition coefficient (Wildman–Crippen LogP) is 5.69. The summed E-state index contributed by atoms with van der Waals surface area (Å²) in [7, 11) is 0. The van der Waals surface area contributed by atoms with Crippen molar-refractivity contribution < 1.29 is 14.3 Å². The first-order valence-electron chi connectivity index (χ1n) is 10.2. The second-order valence-corrected chi connectivity index (χ2v) is 7.41. The summed E-state index contributed by atoms with van der Waals surface area (Å²) in [6.45, 7) is 2.16. The lowest BCUT2D eigenvalue weighted by Crippen LogP contribution is -2.17. The molecule has 0 spiro atoms. The highest BCUT2D eigenvalue weighted by molar-refractivity contribution is 6.02. The van der Waals surface area contributed by atoms with Gasteiger partial charge in [-0.2, -0.15) is 0 Å². The highest BCUT2D eigenvalue weighted by Gasteiger charge is 2.15. The Morgan fingerprint density at radius 1 is 0.774 bits per heavy atom. The summed E-state index contributed by atoms with van der Waals surface area (Å²) in [6.07, 6.45) is 0.216. The van der Waals surface area contributed by atoms with Crippen molar-refractivity contribution in [3.63, 3.8) is 0 Å². The van der Waals surface area contributed by atoms with Gasteiger partial charge in [-0.1, -0.05) is 78.9 Å². The van der Waals surface area contributed by atoms with Crippen LogP contribution in [0.25, 0.3) is 10.8 Å². The molecule has 0 aromatic heterocycles. The molecule has 0 saturated heterocycles. The molecule has 31 heavy (non-hydrogen) atoms. The van der Waals surface area contributed by atoms with Gasteiger partial charge in [-0.3, -0.25) is 4.79 Å². The lowest BCUT2D eigenvalue weighted by Gasteiger charge is -2.12. The zero-order valence-electron chi connectivity index (χ0n) is 17.3. The number of hydrogen-bond donors (Lipinski definition) is 1. The quantitative estimate of drug-likeness (QED) is 0.417. The molecule has 0 aliphatic carbocycles. The number of aryl methyl sites for hydroxylation is 1. The number of carbonyl (C=O) groups excluding carboxylic acids is 2. The van der Waals surface area contributed by atoms with Crippen molar-refractivity contribution in [2.24, 2.45) is 0 Å². The number of amides is 1. The van der Waals surface area contributed by atoms with Crippen LogP contribution in [-0.2, 0) is 22.6 Å². The van der Waals surface area contributed by atoms with Crippen LogP contribution < -0.4 is 5.32 Å². The fourth-order valence-corrected chi connectivity index (χ4v) is 3.58. The number of benzene rings is 4. The highest BCUT2D eigenvalue weighted by atomic mass is 16.5. The van der Waals surface area contributed by atoms with E-state index in [-0.39, 0.29) is 18.9 Å². The van der Waals surface area contributed by atoms with E-state index in [1.54, 1.807) is 24.3 Å². The van der Waals surface area contributed by atoms with Gasteiger partial charge in [0.05, 0.1) is 17.7 Å². The number of fused-ring (bicyclic) bond motifs is 1. The van der Waals surface area contributed by atoms with Gasteiger partial charge in [-0.05, 0) is 46.5 Å². The van der Waals surface area contributed by atoms with Crippen molar-refractivity contribution in [3.05, 3.63) is 113 Å². The van der Waals surface area contributed by atoms with Gasteiger partial charge in [0.1, 0.15) is 6.61 Å². The number of hydrogen-bond acceptors (Lipinski definition) is 3. The van der Waals surface area contributed by atoms with E-state index in [0.29, 0.717) is 11.3 Å². The van der Waals surface area contributed by atoms with Gasteiger partial charge in [-0.15, -0.1) is 0 Å². The van der Waals surface area contributed by atoms with Crippen molar-refractivity contribution in [1.29, 1.82) is 0 Å². The molecule has 0 fully saturated rings. The van der Waals surface area contributed by atoms with Crippen molar-refractivity contribution in [2.75, 3.05) is 5.32 Å². The number of carbonyl (C=O) groups is 2. The van der Waals surface area contributed by atoms with Crippen LogP contribution in [0.4, 0.5) is 5.69 Å². The molecule has 0 heterocycles. The average molecular weight is 409 g/mol. The maximum absolute atomic E-state index is 12.8. The SMILES string of the molecule is Cc1ccccc1COC(=O)c1ccccc1NC(=O)Cc1cccc2ccccc12. The number of rotatable bonds is 6. The molecule has 4 rings (SSSR count). The Morgan fingerprint density at radius 3 is 2.32 bits per heavy atom. The van der Waals surface area contributed by atoms with E-state index in [2.05, 4.69) is 5.32 Å². The largest absolute Gasteiger partial charge is 0.457 e. The van der Waals surface area contributed by atoms with Gasteiger partial charge in [0, 0.05) is 0 Å². The Kier molecular flexibility index (Phi) is 6.08. The van der Waals surface area contributed by atoms with E-state index in [1.807, 2.05) is 73.7 Å². The monoisotopic (exact) mass is 409 g/mol. The molecule has 0 aliphatic heterocycles. The molecule has 0 unspecified atom stereocenters. The van der Waals surface area contributed by atoms with Crippen LogP contribution in [0.5, 0.6) is 0 Å². The van der Waals surface area contributed by atoms with Gasteiger partial charge in [0.15, 0.2) is 0 Å². The molecule has 0 saturated carbocycles. The minimum atomic E-state index is -0.468. The van der Waals surface area contributed by atoms with Crippen LogP contribution in [0.15, 0.2) is 91.0 Å². The molecule has 1 N–H and O–H groups in total. The third-order valence-corrected chi connectivity index (χ3v) is 5.27. The first-order chi connectivity index (χ1) is 15.1. The second-order valence-electron chi connectivity index (χ2n) is 7.41. The summed E-state index contributed by atoms with van der Waals surface area (Å²) in [5, 5.41) is 5.01. The maximum atomic E-state index is 12.8. The molecule has 154 valence electrons. The summed E-state index contributed by atoms with van der Waals surface area (Å²) in [5.41, 5.74) is 3.74. The summed E-state index contributed by atoms with van der Waals surface area (Å²) in [6, 6.07) is 28.6. The van der Waals surface area contributed by atoms with E-state index in [1.165, 1.54) is 0 Å². The zero-order valence-corrected chi connectivity index (χ0v) is 17.3. The minimum Gasteiger partial charge on any atom is -0.457 e. The number of esters is 1. The first kappa shape index (κ1) is 20.4. The van der Waals surface area contributed by atoms with Crippen LogP contribution in [0.3, 0.4) is 0 Å². The summed E-state index contributed by atoms with van der Waals surface area (Å²) in [5.74, 6) is -0.653. The molecule has 4 heteroatoms. The lowest BCUT2D eigenvalue weighted by molar-refractivity contribution is -0.115. The predicted molar refractivity (Wildman–Crippen MR) is 123 cm³/mol. The van der Waals surface area contributed by atoms with Crippen molar-refractivity contribution >= 4 is 28.3 Å². The van der Waals surface area contributed by atoms with Crippen LogP contribution in [0.1, 0.15) is 27.0 Å². The fourth-order valence-electron chi connectivity index (χ4n) is 3.58. The normalized spacial score (nSPS) is 10.6. The molecule has 0 bridgehead atoms. The van der Waals surface area contributed by atoms with E-state index >= 15 is 0 Å². The van der Waals surface area contributed by atoms with E-state index in [4.69, 9.17) is 4.74 Å². The van der Waals surface area contributed by atoms with Gasteiger partial charge in [-0.25, -0.2) is 4.79 Å². The molecule has 4 aromatic carbocycles. The number of ether oxygens (including phenoxy) is 1. The van der Waals surface area contributed by atoms with Crippen molar-refractivity contribution in [3.8, 4) is 0 Å². The molecule has 4 nitrogen and oxygen atoms in total. The number of para-hydroxylation sites is 1. The lowest BCUT2D eigenvalue weighted by atomic mass is 10.0. The molecule has 0 radical (unpaired) electrons. The number of anilines is 1. The summed E-state index contributed by atoms with van der Waals surface area (Å²) >= 11 is 0. The average Bonchev–Trinajstić information content (AvgIpc) is 2.79. The van der Waals surface area contributed by atoms with Crippen LogP contribution in [0, 0.1) is 6.92 Å². The van der Waals surface area contributed by atoms with Gasteiger partial charge in [0.2, 0.25) is 5.91 Å². The smallest absolute Gasteiger partial charge is 0.340 e. The van der Waals surface area contributed by atoms with E-state index in [0.717, 1.165) is 27.5 Å². The van der Waals surface area contributed by atoms with E-state index < -0.39 is 5.97 Å². The van der Waals surface area contributed by atoms with Crippen molar-refractivity contribution in [2.45, 2.75) is 20.0 Å². The Hall–Kier alpha value is -3.92. The van der Waals surface area contributed by atoms with Crippen molar-refractivity contribution in [1.82, 2.24) is 0 Å². The Morgan fingerprint density at radius 2 is 1.45 bits per heavy atom. The topological polar surface area (TPSA) is 55.4 Å². The molecular weight excluding hydrogens is 386 g/mol. The van der Waals surface area contributed by atoms with Gasteiger partial charge >= 0.3 is 5.97 Å². The molecule has 1 amide bonds.